The Bertz CT molecular complexity index is 1280. The molecular weight excluding hydrogens is 480 g/mol. The van der Waals surface area contributed by atoms with Crippen molar-refractivity contribution in [1.82, 2.24) is 19.8 Å². The molecule has 0 radical (unpaired) electrons. The number of hydrogen-bond donors (Lipinski definition) is 3. The minimum absolute atomic E-state index is 0.00211. The molecule has 1 aliphatic rings. The molecule has 4 N–H and O–H groups in total. The van der Waals surface area contributed by atoms with E-state index in [1.807, 2.05) is 6.92 Å². The lowest BCUT2D eigenvalue weighted by Gasteiger charge is -2.26. The van der Waals surface area contributed by atoms with Crippen molar-refractivity contribution in [3.8, 4) is 5.69 Å². The Kier molecular flexibility index (Phi) is 8.02. The number of likely N-dealkylation sites (tertiary alicyclic amines) is 1. The number of rotatable bonds is 8. The van der Waals surface area contributed by atoms with Crippen molar-refractivity contribution < 1.29 is 14.4 Å². The summed E-state index contributed by atoms with van der Waals surface area (Å²) in [6, 6.07) is 12.0. The summed E-state index contributed by atoms with van der Waals surface area (Å²) in [6.07, 6.45) is 4.99. The molecule has 1 saturated heterocycles. The summed E-state index contributed by atoms with van der Waals surface area (Å²) < 4.78 is 1.48. The van der Waals surface area contributed by atoms with Crippen LogP contribution in [0.15, 0.2) is 48.8 Å². The standard InChI is InChI=1S/C26H29ClN6O3/c1-17-15-18(9-10-21(17)31-25(35)19-7-3-4-8-20(19)27)33-16-30-22(23(33)24(28)34)26(36)29-11-14-32-12-5-2-6-13-32/h3-4,7-10,15-16H,2,5-6,11-14H2,1H3,(H2,28,34)(H,29,36)(H,31,35). The Balaban J connectivity index is 1.49. The number of hydrogen-bond acceptors (Lipinski definition) is 5. The van der Waals surface area contributed by atoms with E-state index in [1.54, 1.807) is 42.5 Å². The molecule has 188 valence electrons. The van der Waals surface area contributed by atoms with Gasteiger partial charge in [-0.25, -0.2) is 4.98 Å². The van der Waals surface area contributed by atoms with Crippen LogP contribution in [-0.4, -0.2) is 58.4 Å². The van der Waals surface area contributed by atoms with Crippen LogP contribution in [0.1, 0.15) is 56.2 Å². The largest absolute Gasteiger partial charge is 0.364 e. The van der Waals surface area contributed by atoms with Crippen LogP contribution in [0.3, 0.4) is 0 Å². The predicted molar refractivity (Wildman–Crippen MR) is 139 cm³/mol. The van der Waals surface area contributed by atoms with E-state index in [4.69, 9.17) is 17.3 Å². The number of benzene rings is 2. The van der Waals surface area contributed by atoms with E-state index in [0.29, 0.717) is 28.5 Å². The molecule has 9 nitrogen and oxygen atoms in total. The summed E-state index contributed by atoms with van der Waals surface area (Å²) in [4.78, 5) is 44.2. The van der Waals surface area contributed by atoms with Crippen LogP contribution in [0.4, 0.5) is 5.69 Å². The number of amides is 3. The van der Waals surface area contributed by atoms with Gasteiger partial charge < -0.3 is 21.3 Å². The second-order valence-electron chi connectivity index (χ2n) is 8.77. The summed E-state index contributed by atoms with van der Waals surface area (Å²) in [5.41, 5.74) is 7.88. The molecule has 10 heteroatoms. The quantitative estimate of drug-likeness (QED) is 0.430. The number of halogens is 1. The zero-order valence-corrected chi connectivity index (χ0v) is 20.8. The molecule has 0 aliphatic carbocycles. The lowest BCUT2D eigenvalue weighted by Crippen LogP contribution is -2.38. The minimum Gasteiger partial charge on any atom is -0.364 e. The molecule has 0 unspecified atom stereocenters. The molecule has 3 amide bonds. The van der Waals surface area contributed by atoms with Gasteiger partial charge in [-0.3, -0.25) is 19.0 Å². The van der Waals surface area contributed by atoms with Crippen molar-refractivity contribution in [2.24, 2.45) is 5.73 Å². The molecular formula is C26H29ClN6O3. The van der Waals surface area contributed by atoms with Crippen molar-refractivity contribution in [3.63, 3.8) is 0 Å². The maximum absolute atomic E-state index is 12.8. The molecule has 1 fully saturated rings. The third-order valence-electron chi connectivity index (χ3n) is 6.23. The number of nitrogens with two attached hydrogens (primary N) is 1. The highest BCUT2D eigenvalue weighted by Gasteiger charge is 2.23. The highest BCUT2D eigenvalue weighted by Crippen LogP contribution is 2.23. The molecule has 2 heterocycles. The fourth-order valence-corrected chi connectivity index (χ4v) is 4.53. The van der Waals surface area contributed by atoms with E-state index >= 15 is 0 Å². The second kappa shape index (κ2) is 11.4. The minimum atomic E-state index is -0.762. The number of nitrogens with zero attached hydrogens (tertiary/aromatic N) is 3. The van der Waals surface area contributed by atoms with Crippen LogP contribution >= 0.6 is 11.6 Å². The van der Waals surface area contributed by atoms with E-state index in [9.17, 15) is 14.4 Å². The van der Waals surface area contributed by atoms with Crippen LogP contribution < -0.4 is 16.4 Å². The fourth-order valence-electron chi connectivity index (χ4n) is 4.31. The number of aryl methyl sites for hydroxylation is 1. The molecule has 1 aromatic heterocycles. The number of nitrogens with one attached hydrogen (secondary N) is 2. The third kappa shape index (κ3) is 5.75. The summed E-state index contributed by atoms with van der Waals surface area (Å²) in [7, 11) is 0. The van der Waals surface area contributed by atoms with Crippen LogP contribution in [0.5, 0.6) is 0 Å². The first kappa shape index (κ1) is 25.4. The van der Waals surface area contributed by atoms with E-state index in [2.05, 4.69) is 20.5 Å². The third-order valence-corrected chi connectivity index (χ3v) is 6.56. The normalized spacial score (nSPS) is 13.8. The summed E-state index contributed by atoms with van der Waals surface area (Å²) >= 11 is 6.13. The van der Waals surface area contributed by atoms with Crippen LogP contribution in [0, 0.1) is 6.92 Å². The fraction of sp³-hybridized carbons (Fsp3) is 0.308. The first-order valence-electron chi connectivity index (χ1n) is 11.9. The van der Waals surface area contributed by atoms with Gasteiger partial charge in [-0.05, 0) is 68.8 Å². The van der Waals surface area contributed by atoms with Crippen LogP contribution in [0.25, 0.3) is 5.69 Å². The van der Waals surface area contributed by atoms with Gasteiger partial charge in [-0.1, -0.05) is 30.2 Å². The number of piperidine rings is 1. The van der Waals surface area contributed by atoms with Gasteiger partial charge in [0, 0.05) is 24.5 Å². The lowest BCUT2D eigenvalue weighted by molar-refractivity contribution is 0.0924. The first-order valence-corrected chi connectivity index (χ1v) is 12.3. The van der Waals surface area contributed by atoms with Gasteiger partial charge in [0.25, 0.3) is 17.7 Å². The molecule has 1 aliphatic heterocycles. The maximum Gasteiger partial charge on any atom is 0.272 e. The van der Waals surface area contributed by atoms with Gasteiger partial charge in [0.15, 0.2) is 5.69 Å². The average molecular weight is 509 g/mol. The van der Waals surface area contributed by atoms with Crippen molar-refractivity contribution in [1.29, 1.82) is 0 Å². The number of imidazole rings is 1. The van der Waals surface area contributed by atoms with Crippen molar-refractivity contribution in [2.75, 3.05) is 31.5 Å². The number of aromatic nitrogens is 2. The highest BCUT2D eigenvalue weighted by atomic mass is 35.5. The molecule has 0 bridgehead atoms. The topological polar surface area (TPSA) is 122 Å². The van der Waals surface area contributed by atoms with Gasteiger partial charge >= 0.3 is 0 Å². The summed E-state index contributed by atoms with van der Waals surface area (Å²) in [5, 5.41) is 6.05. The highest BCUT2D eigenvalue weighted by molar-refractivity contribution is 6.34. The zero-order chi connectivity index (χ0) is 25.7. The molecule has 4 rings (SSSR count). The van der Waals surface area contributed by atoms with Gasteiger partial charge in [0.05, 0.1) is 10.6 Å². The van der Waals surface area contributed by atoms with Crippen molar-refractivity contribution in [2.45, 2.75) is 26.2 Å². The van der Waals surface area contributed by atoms with Gasteiger partial charge in [0.2, 0.25) is 0 Å². The lowest BCUT2D eigenvalue weighted by atomic mass is 10.1. The molecule has 36 heavy (non-hydrogen) atoms. The molecule has 0 saturated carbocycles. The molecule has 3 aromatic rings. The predicted octanol–water partition coefficient (Wildman–Crippen LogP) is 3.40. The van der Waals surface area contributed by atoms with E-state index in [1.165, 1.54) is 30.2 Å². The molecule has 2 aromatic carbocycles. The second-order valence-corrected chi connectivity index (χ2v) is 9.17. The van der Waals surface area contributed by atoms with Crippen molar-refractivity contribution in [3.05, 3.63) is 76.3 Å². The Labute approximate surface area is 214 Å². The van der Waals surface area contributed by atoms with E-state index in [-0.39, 0.29) is 17.3 Å². The Morgan fingerprint density at radius 1 is 1.06 bits per heavy atom. The number of anilines is 1. The van der Waals surface area contributed by atoms with E-state index in [0.717, 1.165) is 25.2 Å². The zero-order valence-electron chi connectivity index (χ0n) is 20.1. The van der Waals surface area contributed by atoms with Crippen LogP contribution in [0.2, 0.25) is 5.02 Å². The summed E-state index contributed by atoms with van der Waals surface area (Å²) in [5.74, 6) is -1.54. The monoisotopic (exact) mass is 508 g/mol. The molecule has 0 spiro atoms. The molecule has 0 atom stereocenters. The summed E-state index contributed by atoms with van der Waals surface area (Å²) in [6.45, 7) is 5.10. The van der Waals surface area contributed by atoms with E-state index < -0.39 is 11.8 Å². The smallest absolute Gasteiger partial charge is 0.272 e. The van der Waals surface area contributed by atoms with Crippen LogP contribution in [-0.2, 0) is 0 Å². The Hall–Kier alpha value is -3.69. The van der Waals surface area contributed by atoms with Crippen molar-refractivity contribution >= 4 is 35.0 Å². The Morgan fingerprint density at radius 3 is 2.50 bits per heavy atom. The number of primary amides is 1. The van der Waals surface area contributed by atoms with Gasteiger partial charge in [0.1, 0.15) is 12.0 Å². The number of carbonyl (C=O) groups is 3. The first-order chi connectivity index (χ1) is 17.3. The SMILES string of the molecule is Cc1cc(-n2cnc(C(=O)NCCN3CCCCC3)c2C(N)=O)ccc1NC(=O)c1ccccc1Cl. The Morgan fingerprint density at radius 2 is 1.81 bits per heavy atom. The van der Waals surface area contributed by atoms with Gasteiger partial charge in [-0.2, -0.15) is 0 Å². The maximum atomic E-state index is 12.8. The average Bonchev–Trinajstić information content (AvgIpc) is 3.32. The van der Waals surface area contributed by atoms with Gasteiger partial charge in [-0.15, -0.1) is 0 Å². The number of carbonyl (C=O) groups excluding carboxylic acids is 3.